The Balaban J connectivity index is 2.03. The molecule has 0 spiro atoms. The molecule has 25 heavy (non-hydrogen) atoms. The van der Waals surface area contributed by atoms with E-state index in [9.17, 15) is 0 Å². The first-order valence-corrected chi connectivity index (χ1v) is 8.91. The lowest BCUT2D eigenvalue weighted by atomic mass is 10.2. The average Bonchev–Trinajstić information content (AvgIpc) is 2.97. The number of aromatic amines is 1. The molecule has 2 aromatic carbocycles. The fraction of sp³-hybridized carbons (Fsp3) is 0.350. The van der Waals surface area contributed by atoms with Crippen LogP contribution in [0.5, 0.6) is 11.5 Å². The van der Waals surface area contributed by atoms with Gasteiger partial charge >= 0.3 is 0 Å². The highest BCUT2D eigenvalue weighted by Crippen LogP contribution is 2.39. The van der Waals surface area contributed by atoms with Crippen LogP contribution in [0.25, 0.3) is 22.4 Å². The maximum atomic E-state index is 6.48. The minimum atomic E-state index is 0.406. The van der Waals surface area contributed by atoms with Crippen molar-refractivity contribution in [2.45, 2.75) is 27.7 Å². The van der Waals surface area contributed by atoms with Gasteiger partial charge in [-0.2, -0.15) is 0 Å². The molecule has 1 aromatic heterocycles. The molecular weight excluding hydrogens is 336 g/mol. The summed E-state index contributed by atoms with van der Waals surface area (Å²) < 4.78 is 11.6. The predicted octanol–water partition coefficient (Wildman–Crippen LogP) is 5.63. The Kier molecular flexibility index (Phi) is 5.19. The van der Waals surface area contributed by atoms with E-state index in [1.165, 1.54) is 5.56 Å². The van der Waals surface area contributed by atoms with Gasteiger partial charge in [-0.25, -0.2) is 4.98 Å². The summed E-state index contributed by atoms with van der Waals surface area (Å²) in [7, 11) is 0. The summed E-state index contributed by atoms with van der Waals surface area (Å²) in [5.74, 6) is 2.40. The topological polar surface area (TPSA) is 47.1 Å². The van der Waals surface area contributed by atoms with Crippen LogP contribution < -0.4 is 9.47 Å². The summed E-state index contributed by atoms with van der Waals surface area (Å²) in [6, 6.07) is 9.93. The number of nitrogens with zero attached hydrogens (tertiary/aromatic N) is 1. The Labute approximate surface area is 153 Å². The number of hydrogen-bond donors (Lipinski definition) is 1. The van der Waals surface area contributed by atoms with E-state index in [0.29, 0.717) is 35.7 Å². The Morgan fingerprint density at radius 3 is 2.68 bits per heavy atom. The van der Waals surface area contributed by atoms with Gasteiger partial charge < -0.3 is 14.5 Å². The zero-order chi connectivity index (χ0) is 18.0. The molecule has 4 nitrogen and oxygen atoms in total. The van der Waals surface area contributed by atoms with Crippen molar-refractivity contribution in [3.63, 3.8) is 0 Å². The molecule has 5 heteroatoms. The van der Waals surface area contributed by atoms with Gasteiger partial charge in [-0.05, 0) is 49.6 Å². The van der Waals surface area contributed by atoms with E-state index < -0.39 is 0 Å². The van der Waals surface area contributed by atoms with Gasteiger partial charge in [0.05, 0.1) is 29.3 Å². The van der Waals surface area contributed by atoms with Crippen molar-refractivity contribution in [1.29, 1.82) is 0 Å². The number of imidazole rings is 1. The van der Waals surface area contributed by atoms with Crippen molar-refractivity contribution in [3.8, 4) is 22.9 Å². The summed E-state index contributed by atoms with van der Waals surface area (Å²) in [6.45, 7) is 9.32. The summed E-state index contributed by atoms with van der Waals surface area (Å²) in [4.78, 5) is 8.01. The van der Waals surface area contributed by atoms with Crippen molar-refractivity contribution in [2.24, 2.45) is 5.92 Å². The van der Waals surface area contributed by atoms with Crippen LogP contribution in [0.3, 0.4) is 0 Å². The highest BCUT2D eigenvalue weighted by atomic mass is 35.5. The number of aryl methyl sites for hydroxylation is 1. The van der Waals surface area contributed by atoms with Crippen LogP contribution in [0.4, 0.5) is 0 Å². The molecule has 0 aliphatic heterocycles. The van der Waals surface area contributed by atoms with Gasteiger partial charge in [-0.15, -0.1) is 0 Å². The van der Waals surface area contributed by atoms with E-state index in [2.05, 4.69) is 42.9 Å². The number of H-pyrrole nitrogens is 1. The maximum Gasteiger partial charge on any atom is 0.179 e. The van der Waals surface area contributed by atoms with Crippen LogP contribution in [0.2, 0.25) is 5.02 Å². The first-order valence-electron chi connectivity index (χ1n) is 8.53. The van der Waals surface area contributed by atoms with Gasteiger partial charge in [0.15, 0.2) is 11.5 Å². The fourth-order valence-corrected chi connectivity index (χ4v) is 2.88. The Morgan fingerprint density at radius 1 is 1.16 bits per heavy atom. The highest BCUT2D eigenvalue weighted by molar-refractivity contribution is 6.32. The molecular formula is C20H23ClN2O2. The van der Waals surface area contributed by atoms with E-state index in [0.717, 1.165) is 22.4 Å². The Hall–Kier alpha value is -2.20. The quantitative estimate of drug-likeness (QED) is 0.621. The van der Waals surface area contributed by atoms with Crippen LogP contribution in [0, 0.1) is 12.8 Å². The van der Waals surface area contributed by atoms with Crippen LogP contribution >= 0.6 is 11.6 Å². The van der Waals surface area contributed by atoms with Gasteiger partial charge in [0.1, 0.15) is 5.82 Å². The monoisotopic (exact) mass is 358 g/mol. The molecule has 0 radical (unpaired) electrons. The number of fused-ring (bicyclic) bond motifs is 1. The van der Waals surface area contributed by atoms with Crippen LogP contribution in [-0.4, -0.2) is 23.2 Å². The molecule has 0 bridgehead atoms. The first-order chi connectivity index (χ1) is 12.0. The Morgan fingerprint density at radius 2 is 1.96 bits per heavy atom. The van der Waals surface area contributed by atoms with Crippen LogP contribution in [0.1, 0.15) is 26.3 Å². The molecule has 132 valence electrons. The molecule has 0 amide bonds. The standard InChI is InChI=1S/C20H23ClN2O2/c1-5-24-18-10-14(9-15(21)19(18)25-11-12(2)3)20-22-16-7-6-13(4)8-17(16)23-20/h6-10,12H,5,11H2,1-4H3,(H,22,23). The molecule has 1 N–H and O–H groups in total. The molecule has 0 aliphatic rings. The summed E-state index contributed by atoms with van der Waals surface area (Å²) in [6.07, 6.45) is 0. The molecule has 0 unspecified atom stereocenters. The smallest absolute Gasteiger partial charge is 0.179 e. The molecule has 0 aliphatic carbocycles. The normalized spacial score (nSPS) is 11.3. The number of benzene rings is 2. The van der Waals surface area contributed by atoms with Gasteiger partial charge in [-0.1, -0.05) is 31.5 Å². The molecule has 3 rings (SSSR count). The van der Waals surface area contributed by atoms with Crippen molar-refractivity contribution in [3.05, 3.63) is 40.9 Å². The van der Waals surface area contributed by atoms with Crippen molar-refractivity contribution >= 4 is 22.6 Å². The van der Waals surface area contributed by atoms with E-state index in [1.807, 2.05) is 25.1 Å². The van der Waals surface area contributed by atoms with Crippen LogP contribution in [0.15, 0.2) is 30.3 Å². The lowest BCUT2D eigenvalue weighted by Gasteiger charge is -2.16. The van der Waals surface area contributed by atoms with Gasteiger partial charge in [0, 0.05) is 5.56 Å². The minimum absolute atomic E-state index is 0.406. The van der Waals surface area contributed by atoms with E-state index in [-0.39, 0.29) is 0 Å². The van der Waals surface area contributed by atoms with E-state index in [1.54, 1.807) is 0 Å². The summed E-state index contributed by atoms with van der Waals surface area (Å²) in [5, 5.41) is 0.526. The van der Waals surface area contributed by atoms with Crippen molar-refractivity contribution in [1.82, 2.24) is 9.97 Å². The lowest BCUT2D eigenvalue weighted by Crippen LogP contribution is -2.07. The van der Waals surface area contributed by atoms with E-state index in [4.69, 9.17) is 21.1 Å². The summed E-state index contributed by atoms with van der Waals surface area (Å²) in [5.41, 5.74) is 3.99. The van der Waals surface area contributed by atoms with Gasteiger partial charge in [-0.3, -0.25) is 0 Å². The third kappa shape index (κ3) is 3.90. The zero-order valence-electron chi connectivity index (χ0n) is 15.0. The number of rotatable bonds is 6. The first kappa shape index (κ1) is 17.6. The largest absolute Gasteiger partial charge is 0.490 e. The third-order valence-electron chi connectivity index (χ3n) is 3.78. The van der Waals surface area contributed by atoms with Gasteiger partial charge in [0.25, 0.3) is 0 Å². The number of nitrogens with one attached hydrogen (secondary N) is 1. The molecule has 0 atom stereocenters. The zero-order valence-corrected chi connectivity index (χ0v) is 15.8. The van der Waals surface area contributed by atoms with Crippen LogP contribution in [-0.2, 0) is 0 Å². The number of halogens is 1. The lowest BCUT2D eigenvalue weighted by molar-refractivity contribution is 0.248. The van der Waals surface area contributed by atoms with Gasteiger partial charge in [0.2, 0.25) is 0 Å². The fourth-order valence-electron chi connectivity index (χ4n) is 2.62. The van der Waals surface area contributed by atoms with E-state index >= 15 is 0 Å². The third-order valence-corrected chi connectivity index (χ3v) is 4.06. The number of aromatic nitrogens is 2. The minimum Gasteiger partial charge on any atom is -0.490 e. The predicted molar refractivity (Wildman–Crippen MR) is 103 cm³/mol. The molecule has 3 aromatic rings. The second kappa shape index (κ2) is 7.36. The summed E-state index contributed by atoms with van der Waals surface area (Å²) >= 11 is 6.48. The van der Waals surface area contributed by atoms with Crippen molar-refractivity contribution in [2.75, 3.05) is 13.2 Å². The molecule has 0 saturated carbocycles. The SMILES string of the molecule is CCOc1cc(-c2nc3ccc(C)cc3[nH]2)cc(Cl)c1OCC(C)C. The Bertz CT molecular complexity index is 887. The second-order valence-electron chi connectivity index (χ2n) is 6.53. The molecule has 0 saturated heterocycles. The molecule has 1 heterocycles. The maximum absolute atomic E-state index is 6.48. The number of hydrogen-bond acceptors (Lipinski definition) is 3. The highest BCUT2D eigenvalue weighted by Gasteiger charge is 2.16. The second-order valence-corrected chi connectivity index (χ2v) is 6.94. The number of ether oxygens (including phenoxy) is 2. The van der Waals surface area contributed by atoms with Crippen molar-refractivity contribution < 1.29 is 9.47 Å². The average molecular weight is 359 g/mol. The molecule has 0 fully saturated rings.